The first-order valence-electron chi connectivity index (χ1n) is 17.8. The van der Waals surface area contributed by atoms with Crippen LogP contribution < -0.4 is 15.6 Å². The van der Waals surface area contributed by atoms with E-state index in [1.165, 1.54) is 0 Å². The lowest BCUT2D eigenvalue weighted by atomic mass is 9.92. The minimum atomic E-state index is -0.629. The Balaban J connectivity index is 1.40. The van der Waals surface area contributed by atoms with Crippen LogP contribution in [0, 0.1) is 17.2 Å². The van der Waals surface area contributed by atoms with E-state index in [1.807, 2.05) is 79.3 Å². The fraction of sp³-hybridized carbons (Fsp3) is 0.256. The molecule has 2 atom stereocenters. The van der Waals surface area contributed by atoms with Crippen LogP contribution in [0.2, 0.25) is 0 Å². The lowest BCUT2D eigenvalue weighted by molar-refractivity contribution is -0.131. The molecule has 1 heterocycles. The smallest absolute Gasteiger partial charge is 0.252 e. The molecule has 9 heteroatoms. The number of amides is 1. The maximum absolute atomic E-state index is 15.2. The van der Waals surface area contributed by atoms with Crippen molar-refractivity contribution < 1.29 is 4.79 Å². The van der Waals surface area contributed by atoms with Gasteiger partial charge < -0.3 is 14.8 Å². The Kier molecular flexibility index (Phi) is 11.6. The maximum atomic E-state index is 15.2. The number of nitrogens with zero attached hydrogens (tertiary/aromatic N) is 5. The predicted octanol–water partition coefficient (Wildman–Crippen LogP) is 8.67. The van der Waals surface area contributed by atoms with Gasteiger partial charge in [0.1, 0.15) is 0 Å². The summed E-state index contributed by atoms with van der Waals surface area (Å²) in [4.78, 5) is 21.9. The Morgan fingerprint density at radius 1 is 0.923 bits per heavy atom. The summed E-state index contributed by atoms with van der Waals surface area (Å²) in [6.07, 6.45) is 5.92. The second kappa shape index (κ2) is 16.6. The van der Waals surface area contributed by atoms with Crippen molar-refractivity contribution in [3.05, 3.63) is 138 Å². The van der Waals surface area contributed by atoms with Crippen LogP contribution in [0.25, 0.3) is 21.5 Å². The molecule has 0 bridgehead atoms. The number of hydrazine groups is 1. The van der Waals surface area contributed by atoms with E-state index in [-0.39, 0.29) is 11.0 Å². The number of nitriles is 1. The minimum Gasteiger partial charge on any atom is -0.377 e. The maximum Gasteiger partial charge on any atom is 0.252 e. The largest absolute Gasteiger partial charge is 0.377 e. The summed E-state index contributed by atoms with van der Waals surface area (Å²) < 4.78 is 2.02. The highest BCUT2D eigenvalue weighted by Crippen LogP contribution is 2.33. The highest BCUT2D eigenvalue weighted by atomic mass is 32.1. The first kappa shape index (κ1) is 36.2. The van der Waals surface area contributed by atoms with Gasteiger partial charge in [-0.1, -0.05) is 99.1 Å². The first-order chi connectivity index (χ1) is 25.3. The zero-order chi connectivity index (χ0) is 36.6. The number of anilines is 2. The molecule has 0 aliphatic carbocycles. The van der Waals surface area contributed by atoms with Crippen LogP contribution in [0.1, 0.15) is 55.0 Å². The topological polar surface area (TPSA) is 89.2 Å². The molecule has 8 nitrogen and oxygen atoms in total. The standard InChI is InChI=1S/C43H45N7OS/c1-5-30(2)23-24-46-50(43(52)47-39-21-22-40(48(3)4)37-16-9-8-15-36(37)39)42(51)38(25-34-13-10-12-33-11-6-7-14-35(33)34)41-27-45-29-49(41)28-32-19-17-31(26-44)18-20-32/h6-22,27,29-30,38,46H,5,23-25,28H2,1-4H3,(H,47,52)/t30-,38?/m0/s1. The number of hydrogen-bond donors (Lipinski definition) is 2. The Bertz CT molecular complexity index is 2210. The van der Waals surface area contributed by atoms with Crippen molar-refractivity contribution in [2.24, 2.45) is 5.92 Å². The molecule has 52 heavy (non-hydrogen) atoms. The Labute approximate surface area is 311 Å². The number of nitrogens with one attached hydrogen (secondary N) is 2. The molecule has 0 aliphatic rings. The van der Waals surface area contributed by atoms with E-state index in [0.29, 0.717) is 31.0 Å². The lowest BCUT2D eigenvalue weighted by Gasteiger charge is -2.30. The normalized spacial score (nSPS) is 12.3. The molecule has 2 N–H and O–H groups in total. The number of thiocarbonyl (C=S) groups is 1. The van der Waals surface area contributed by atoms with Gasteiger partial charge in [0.05, 0.1) is 29.6 Å². The van der Waals surface area contributed by atoms with Gasteiger partial charge in [0, 0.05) is 55.5 Å². The third-order valence-electron chi connectivity index (χ3n) is 9.79. The second-order valence-electron chi connectivity index (χ2n) is 13.5. The fourth-order valence-corrected chi connectivity index (χ4v) is 6.89. The van der Waals surface area contributed by atoms with Gasteiger partial charge in [0.25, 0.3) is 5.91 Å². The summed E-state index contributed by atoms with van der Waals surface area (Å²) >= 11 is 6.11. The molecule has 1 aromatic heterocycles. The number of carbonyl (C=O) groups is 1. The molecular weight excluding hydrogens is 663 g/mol. The molecule has 0 saturated heterocycles. The van der Waals surface area contributed by atoms with Gasteiger partial charge in [0.2, 0.25) is 0 Å². The highest BCUT2D eigenvalue weighted by molar-refractivity contribution is 7.80. The van der Waals surface area contributed by atoms with Gasteiger partial charge in [-0.05, 0) is 77.1 Å². The summed E-state index contributed by atoms with van der Waals surface area (Å²) in [6, 6.07) is 36.5. The van der Waals surface area contributed by atoms with Gasteiger partial charge in [-0.2, -0.15) is 5.26 Å². The van der Waals surface area contributed by atoms with E-state index in [2.05, 4.69) is 83.0 Å². The van der Waals surface area contributed by atoms with E-state index in [9.17, 15) is 5.26 Å². The van der Waals surface area contributed by atoms with Gasteiger partial charge in [-0.3, -0.25) is 4.79 Å². The van der Waals surface area contributed by atoms with Crippen LogP contribution in [-0.2, 0) is 17.8 Å². The summed E-state index contributed by atoms with van der Waals surface area (Å²) in [7, 11) is 4.06. The van der Waals surface area contributed by atoms with Gasteiger partial charge >= 0.3 is 0 Å². The molecule has 0 radical (unpaired) electrons. The first-order valence-corrected chi connectivity index (χ1v) is 18.2. The van der Waals surface area contributed by atoms with Gasteiger partial charge in [-0.15, -0.1) is 0 Å². The van der Waals surface area contributed by atoms with Crippen molar-refractivity contribution in [3.63, 3.8) is 0 Å². The van der Waals surface area contributed by atoms with Crippen LogP contribution in [0.3, 0.4) is 0 Å². The number of hydrogen-bond acceptors (Lipinski definition) is 6. The number of aromatic nitrogens is 2. The fourth-order valence-electron chi connectivity index (χ4n) is 6.63. The summed E-state index contributed by atoms with van der Waals surface area (Å²) in [5.41, 5.74) is 8.80. The van der Waals surface area contributed by atoms with Crippen LogP contribution in [0.5, 0.6) is 0 Å². The average Bonchev–Trinajstić information content (AvgIpc) is 3.62. The monoisotopic (exact) mass is 707 g/mol. The molecule has 0 saturated carbocycles. The molecule has 1 amide bonds. The zero-order valence-corrected chi connectivity index (χ0v) is 31.0. The van der Waals surface area contributed by atoms with Crippen molar-refractivity contribution in [2.45, 2.75) is 45.6 Å². The number of benzene rings is 5. The van der Waals surface area contributed by atoms with Gasteiger partial charge in [0.15, 0.2) is 5.11 Å². The summed E-state index contributed by atoms with van der Waals surface area (Å²) in [5, 5.41) is 18.9. The van der Waals surface area contributed by atoms with Crippen molar-refractivity contribution >= 4 is 56.2 Å². The van der Waals surface area contributed by atoms with Gasteiger partial charge in [-0.25, -0.2) is 15.4 Å². The highest BCUT2D eigenvalue weighted by Gasteiger charge is 2.32. The van der Waals surface area contributed by atoms with E-state index in [4.69, 9.17) is 12.2 Å². The number of fused-ring (bicyclic) bond motifs is 2. The molecule has 0 aliphatic heterocycles. The molecule has 1 unspecified atom stereocenters. The Morgan fingerprint density at radius 2 is 1.63 bits per heavy atom. The summed E-state index contributed by atoms with van der Waals surface area (Å²) in [5.74, 6) is -0.324. The second-order valence-corrected chi connectivity index (χ2v) is 13.9. The predicted molar refractivity (Wildman–Crippen MR) is 216 cm³/mol. The number of rotatable bonds is 13. The number of imidazole rings is 1. The van der Waals surface area contributed by atoms with Crippen LogP contribution >= 0.6 is 12.2 Å². The SMILES string of the molecule is CC[C@H](C)CCNN(C(=O)C(Cc1cccc2ccccc12)c1cncn1Cc1ccc(C#N)cc1)C(=S)Nc1ccc(N(C)C)c2ccccc12. The lowest BCUT2D eigenvalue weighted by Crippen LogP contribution is -2.51. The Morgan fingerprint density at radius 3 is 2.37 bits per heavy atom. The molecule has 5 aromatic carbocycles. The van der Waals surface area contributed by atoms with Crippen LogP contribution in [0.15, 0.2) is 116 Å². The molecule has 0 fully saturated rings. The quantitative estimate of drug-likeness (QED) is 0.0918. The molecule has 6 aromatic rings. The van der Waals surface area contributed by atoms with E-state index >= 15 is 4.79 Å². The van der Waals surface area contributed by atoms with Crippen molar-refractivity contribution in [2.75, 3.05) is 30.9 Å². The van der Waals surface area contributed by atoms with Crippen LogP contribution in [-0.4, -0.2) is 46.2 Å². The third kappa shape index (κ3) is 8.15. The van der Waals surface area contributed by atoms with Crippen molar-refractivity contribution in [1.29, 1.82) is 5.26 Å². The van der Waals surface area contributed by atoms with Crippen molar-refractivity contribution in [3.8, 4) is 6.07 Å². The van der Waals surface area contributed by atoms with E-state index < -0.39 is 5.92 Å². The van der Waals surface area contributed by atoms with Crippen LogP contribution in [0.4, 0.5) is 11.4 Å². The van der Waals surface area contributed by atoms with E-state index in [1.54, 1.807) is 17.5 Å². The van der Waals surface area contributed by atoms with E-state index in [0.717, 1.165) is 62.6 Å². The summed E-state index contributed by atoms with van der Waals surface area (Å²) in [6.45, 7) is 5.47. The molecular formula is C43H45N7OS. The number of carbonyl (C=O) groups excluding carboxylic acids is 1. The third-order valence-corrected chi connectivity index (χ3v) is 10.1. The van der Waals surface area contributed by atoms with Crippen molar-refractivity contribution in [1.82, 2.24) is 20.0 Å². The molecule has 264 valence electrons. The Hall–Kier alpha value is -5.56. The zero-order valence-electron chi connectivity index (χ0n) is 30.2. The molecule has 0 spiro atoms. The average molecular weight is 708 g/mol. The molecule has 6 rings (SSSR count). The minimum absolute atomic E-state index is 0.176.